The second-order valence-electron chi connectivity index (χ2n) is 5.16. The second-order valence-corrected chi connectivity index (χ2v) is 6.84. The van der Waals surface area contributed by atoms with Crippen LogP contribution in [0.3, 0.4) is 0 Å². The summed E-state index contributed by atoms with van der Waals surface area (Å²) in [6.45, 7) is 2.02. The third-order valence-corrected chi connectivity index (χ3v) is 4.97. The molecule has 0 aliphatic carbocycles. The van der Waals surface area contributed by atoms with E-state index in [0.717, 1.165) is 12.1 Å². The molecule has 0 saturated carbocycles. The fourth-order valence-corrected chi connectivity index (χ4v) is 3.74. The minimum absolute atomic E-state index is 0.317. The Morgan fingerprint density at radius 1 is 1.39 bits per heavy atom. The number of nitrogens with zero attached hydrogens (tertiary/aromatic N) is 2. The van der Waals surface area contributed by atoms with Crippen LogP contribution in [0, 0.1) is 18.6 Å². The van der Waals surface area contributed by atoms with E-state index >= 15 is 0 Å². The highest BCUT2D eigenvalue weighted by Gasteiger charge is 2.36. The molecule has 3 rings (SSSR count). The van der Waals surface area contributed by atoms with Crippen molar-refractivity contribution in [3.8, 4) is 0 Å². The van der Waals surface area contributed by atoms with Crippen LogP contribution in [0.15, 0.2) is 23.1 Å². The number of halogens is 2. The van der Waals surface area contributed by atoms with Crippen molar-refractivity contribution in [2.24, 2.45) is 0 Å². The molecule has 2 aromatic rings. The summed E-state index contributed by atoms with van der Waals surface area (Å²) >= 11 is 0. The summed E-state index contributed by atoms with van der Waals surface area (Å²) in [5, 5.41) is 6.62. The van der Waals surface area contributed by atoms with Crippen molar-refractivity contribution in [2.75, 3.05) is 6.61 Å². The Morgan fingerprint density at radius 3 is 2.83 bits per heavy atom. The number of rotatable bonds is 4. The molecule has 0 unspecified atom stereocenters. The van der Waals surface area contributed by atoms with Crippen molar-refractivity contribution in [1.29, 1.82) is 0 Å². The van der Waals surface area contributed by atoms with Gasteiger partial charge in [-0.15, -0.1) is 0 Å². The summed E-state index contributed by atoms with van der Waals surface area (Å²) in [6, 6.07) is 1.66. The van der Waals surface area contributed by atoms with Crippen LogP contribution in [0.4, 0.5) is 8.78 Å². The molecule has 1 aromatic heterocycles. The average Bonchev–Trinajstić information content (AvgIpc) is 3.06. The van der Waals surface area contributed by atoms with Crippen molar-refractivity contribution in [3.63, 3.8) is 0 Å². The topological polar surface area (TPSA) is 97.0 Å². The number of aromatic amines is 1. The van der Waals surface area contributed by atoms with Gasteiger partial charge in [0.2, 0.25) is 10.0 Å². The number of H-pyrrole nitrogens is 1. The average molecular weight is 344 g/mol. The molecule has 1 aromatic carbocycles. The van der Waals surface area contributed by atoms with Gasteiger partial charge in [0.1, 0.15) is 28.5 Å². The lowest BCUT2D eigenvalue weighted by molar-refractivity contribution is 0.0957. The van der Waals surface area contributed by atoms with Gasteiger partial charge in [-0.3, -0.25) is 5.10 Å². The van der Waals surface area contributed by atoms with E-state index in [4.69, 9.17) is 4.74 Å². The number of ether oxygens (including phenoxy) is 1. The summed E-state index contributed by atoms with van der Waals surface area (Å²) in [4.78, 5) is 3.51. The van der Waals surface area contributed by atoms with Gasteiger partial charge in [-0.2, -0.15) is 5.10 Å². The zero-order valence-electron chi connectivity index (χ0n) is 12.1. The van der Waals surface area contributed by atoms with E-state index in [9.17, 15) is 17.2 Å². The van der Waals surface area contributed by atoms with E-state index in [0.29, 0.717) is 30.7 Å². The van der Waals surface area contributed by atoms with E-state index in [1.165, 1.54) is 0 Å². The van der Waals surface area contributed by atoms with Crippen LogP contribution in [0.25, 0.3) is 0 Å². The molecular weight excluding hydrogens is 330 g/mol. The largest absolute Gasteiger partial charge is 0.368 e. The smallest absolute Gasteiger partial charge is 0.243 e. The third kappa shape index (κ3) is 3.23. The van der Waals surface area contributed by atoms with Gasteiger partial charge in [-0.1, -0.05) is 0 Å². The number of nitrogens with one attached hydrogen (secondary N) is 2. The van der Waals surface area contributed by atoms with Gasteiger partial charge < -0.3 is 4.74 Å². The van der Waals surface area contributed by atoms with Gasteiger partial charge in [-0.05, 0) is 25.5 Å². The van der Waals surface area contributed by atoms with E-state index in [2.05, 4.69) is 19.9 Å². The Morgan fingerprint density at radius 2 is 2.17 bits per heavy atom. The van der Waals surface area contributed by atoms with Gasteiger partial charge in [0.25, 0.3) is 0 Å². The molecule has 0 spiro atoms. The normalized spacial score (nSPS) is 21.7. The number of hydrogen-bond acceptors (Lipinski definition) is 5. The lowest BCUT2D eigenvalue weighted by Gasteiger charge is -2.17. The van der Waals surface area contributed by atoms with Crippen LogP contribution < -0.4 is 4.72 Å². The molecule has 124 valence electrons. The lowest BCUT2D eigenvalue weighted by atomic mass is 10.1. The highest BCUT2D eigenvalue weighted by Crippen LogP contribution is 2.28. The number of hydrogen-bond donors (Lipinski definition) is 2. The Kier molecular flexibility index (Phi) is 4.13. The molecule has 2 atom stereocenters. The second kappa shape index (κ2) is 5.95. The highest BCUT2D eigenvalue weighted by molar-refractivity contribution is 7.89. The number of aryl methyl sites for hydroxylation is 1. The number of sulfonamides is 1. The minimum atomic E-state index is -4.16. The molecule has 2 heterocycles. The lowest BCUT2D eigenvalue weighted by Crippen LogP contribution is -2.37. The summed E-state index contributed by atoms with van der Waals surface area (Å²) in [5.41, 5.74) is 0. The zero-order chi connectivity index (χ0) is 16.6. The molecular formula is C13H14F2N4O3S. The highest BCUT2D eigenvalue weighted by atomic mass is 32.2. The quantitative estimate of drug-likeness (QED) is 0.869. The Labute approximate surface area is 131 Å². The van der Waals surface area contributed by atoms with E-state index in [1.54, 1.807) is 6.92 Å². The number of benzene rings is 1. The first-order valence-corrected chi connectivity index (χ1v) is 8.33. The fourth-order valence-electron chi connectivity index (χ4n) is 2.41. The molecule has 0 amide bonds. The monoisotopic (exact) mass is 344 g/mol. The maximum Gasteiger partial charge on any atom is 0.243 e. The van der Waals surface area contributed by atoms with Crippen LogP contribution in [0.5, 0.6) is 0 Å². The van der Waals surface area contributed by atoms with Crippen molar-refractivity contribution in [1.82, 2.24) is 19.9 Å². The van der Waals surface area contributed by atoms with Gasteiger partial charge in [-0.25, -0.2) is 26.9 Å². The summed E-state index contributed by atoms with van der Waals surface area (Å²) in [7, 11) is -4.16. The van der Waals surface area contributed by atoms with Gasteiger partial charge >= 0.3 is 0 Å². The first kappa shape index (κ1) is 16.0. The molecule has 0 radical (unpaired) electrons. The molecule has 0 bridgehead atoms. The molecule has 1 saturated heterocycles. The first-order chi connectivity index (χ1) is 10.9. The molecule has 10 heteroatoms. The van der Waals surface area contributed by atoms with Crippen LogP contribution in [-0.4, -0.2) is 36.2 Å². The first-order valence-electron chi connectivity index (χ1n) is 6.85. The maximum atomic E-state index is 13.7. The molecule has 7 nitrogen and oxygen atoms in total. The standard InChI is InChI=1S/C13H14F2N4O3S/c1-7-16-13(18-17-7)12-10(4-5-22-12)19-23(20,21)11-3-2-8(14)6-9(11)15/h2-3,6,10,12,19H,4-5H2,1H3,(H,16,17,18)/t10-,12+/m0/s1. The summed E-state index contributed by atoms with van der Waals surface area (Å²) in [5.74, 6) is -1.10. The van der Waals surface area contributed by atoms with Gasteiger partial charge in [0, 0.05) is 12.7 Å². The van der Waals surface area contributed by atoms with Crippen molar-refractivity contribution in [3.05, 3.63) is 41.5 Å². The molecule has 1 aliphatic heterocycles. The molecule has 2 N–H and O–H groups in total. The third-order valence-electron chi connectivity index (χ3n) is 3.45. The molecule has 1 fully saturated rings. The van der Waals surface area contributed by atoms with Crippen LogP contribution in [0.2, 0.25) is 0 Å². The molecule has 23 heavy (non-hydrogen) atoms. The van der Waals surface area contributed by atoms with Gasteiger partial charge in [0.05, 0.1) is 6.04 Å². The maximum absolute atomic E-state index is 13.7. The Bertz CT molecular complexity index is 824. The fraction of sp³-hybridized carbons (Fsp3) is 0.385. The van der Waals surface area contributed by atoms with Crippen molar-refractivity contribution in [2.45, 2.75) is 30.4 Å². The SMILES string of the molecule is Cc1nc([C@@H]2OCC[C@@H]2NS(=O)(=O)c2ccc(F)cc2F)n[nH]1. The van der Waals surface area contributed by atoms with Crippen LogP contribution >= 0.6 is 0 Å². The van der Waals surface area contributed by atoms with Crippen LogP contribution in [0.1, 0.15) is 24.2 Å². The van der Waals surface area contributed by atoms with Gasteiger partial charge in [0.15, 0.2) is 5.82 Å². The minimum Gasteiger partial charge on any atom is -0.368 e. The zero-order valence-corrected chi connectivity index (χ0v) is 12.9. The Hall–Kier alpha value is -1.91. The van der Waals surface area contributed by atoms with Crippen molar-refractivity contribution >= 4 is 10.0 Å². The predicted molar refractivity (Wildman–Crippen MR) is 74.9 cm³/mol. The van der Waals surface area contributed by atoms with E-state index in [1.807, 2.05) is 0 Å². The predicted octanol–water partition coefficient (Wildman–Crippen LogP) is 1.20. The van der Waals surface area contributed by atoms with Crippen LogP contribution in [-0.2, 0) is 14.8 Å². The Balaban J connectivity index is 1.84. The number of aromatic nitrogens is 3. The van der Waals surface area contributed by atoms with E-state index in [-0.39, 0.29) is 0 Å². The summed E-state index contributed by atoms with van der Waals surface area (Å²) < 4.78 is 59.2. The summed E-state index contributed by atoms with van der Waals surface area (Å²) in [6.07, 6.45) is -0.279. The van der Waals surface area contributed by atoms with Crippen molar-refractivity contribution < 1.29 is 21.9 Å². The molecule has 1 aliphatic rings. The van der Waals surface area contributed by atoms with E-state index < -0.39 is 38.7 Å².